The molecule has 1 N–H and O–H groups in total. The Morgan fingerprint density at radius 3 is 1.21 bits per heavy atom. The van der Waals surface area contributed by atoms with Crippen LogP contribution in [0.4, 0.5) is 18.8 Å². The van der Waals surface area contributed by atoms with E-state index in [0.717, 1.165) is 6.42 Å². The molecular formula is C10H29F4NO3S. The predicted octanol–water partition coefficient (Wildman–Crippen LogP) is 2.63. The lowest BCUT2D eigenvalue weighted by atomic mass is 10.4. The molecule has 0 rings (SSSR count). The minimum Gasteiger partial charge on any atom is -0.304 e. The minimum atomic E-state index is -3.69. The van der Waals surface area contributed by atoms with Gasteiger partial charge in [0.1, 0.15) is 0 Å². The Morgan fingerprint density at radius 1 is 0.842 bits per heavy atom. The van der Waals surface area contributed by atoms with Gasteiger partial charge >= 0.3 is 0 Å². The highest BCUT2D eigenvalue weighted by atomic mass is 32.2. The number of halogens is 4. The van der Waals surface area contributed by atoms with E-state index in [4.69, 9.17) is 4.55 Å². The minimum absolute atomic E-state index is 0. The van der Waals surface area contributed by atoms with Crippen molar-refractivity contribution in [3.05, 3.63) is 0 Å². The maximum Gasteiger partial charge on any atom is 0.264 e. The molecule has 0 fully saturated rings. The van der Waals surface area contributed by atoms with Gasteiger partial charge in [-0.15, -0.1) is 0 Å². The van der Waals surface area contributed by atoms with Crippen molar-refractivity contribution < 1.29 is 31.8 Å². The second kappa shape index (κ2) is 22.7. The summed E-state index contributed by atoms with van der Waals surface area (Å²) in [6.07, 6.45) is 1.33. The van der Waals surface area contributed by atoms with E-state index < -0.39 is 10.1 Å². The van der Waals surface area contributed by atoms with E-state index in [9.17, 15) is 8.42 Å². The molecule has 4 nitrogen and oxygen atoms in total. The van der Waals surface area contributed by atoms with Crippen LogP contribution in [-0.4, -0.2) is 43.3 Å². The van der Waals surface area contributed by atoms with Crippen molar-refractivity contribution in [3.63, 3.8) is 0 Å². The van der Waals surface area contributed by atoms with Crippen LogP contribution in [0.15, 0.2) is 0 Å². The van der Waals surface area contributed by atoms with Gasteiger partial charge in [-0.3, -0.25) is 23.4 Å². The first-order valence-electron chi connectivity index (χ1n) is 5.58. The molecule has 0 saturated carbocycles. The lowest BCUT2D eigenvalue weighted by Gasteiger charge is -2.13. The van der Waals surface area contributed by atoms with Gasteiger partial charge in [-0.1, -0.05) is 34.1 Å². The highest BCUT2D eigenvalue weighted by molar-refractivity contribution is 7.85. The van der Waals surface area contributed by atoms with Gasteiger partial charge in [-0.25, -0.2) is 0 Å². The van der Waals surface area contributed by atoms with Gasteiger partial charge in [0.2, 0.25) is 0 Å². The molecule has 0 atom stereocenters. The standard InChI is InChI=1S/C6H15N.C4H10O3S.4FH/c1-4-7(5-2)6-3;1-2-3-4-8(5,6)7;;;;/h4-6H2,1-3H3;2-4H2,1H3,(H,5,6,7);4*1H. The first-order chi connectivity index (χ1) is 6.91. The largest absolute Gasteiger partial charge is 0.304 e. The fourth-order valence-corrected chi connectivity index (χ4v) is 1.65. The topological polar surface area (TPSA) is 57.6 Å². The van der Waals surface area contributed by atoms with E-state index in [1.807, 2.05) is 6.92 Å². The average molecular weight is 319 g/mol. The van der Waals surface area contributed by atoms with Gasteiger partial charge in [-0.2, -0.15) is 8.42 Å². The van der Waals surface area contributed by atoms with Crippen molar-refractivity contribution in [2.45, 2.75) is 40.5 Å². The van der Waals surface area contributed by atoms with Crippen LogP contribution in [-0.2, 0) is 10.1 Å². The molecule has 0 amide bonds. The fourth-order valence-electron chi connectivity index (χ4n) is 0.998. The number of rotatable bonds is 6. The van der Waals surface area contributed by atoms with E-state index in [2.05, 4.69) is 25.7 Å². The number of nitrogens with zero attached hydrogens (tertiary/aromatic N) is 1. The molecule has 0 spiro atoms. The van der Waals surface area contributed by atoms with Crippen LogP contribution >= 0.6 is 0 Å². The zero-order valence-electron chi connectivity index (χ0n) is 12.0. The third-order valence-corrected chi connectivity index (χ3v) is 2.90. The first-order valence-corrected chi connectivity index (χ1v) is 7.19. The monoisotopic (exact) mass is 319 g/mol. The molecule has 0 aliphatic rings. The van der Waals surface area contributed by atoms with E-state index in [1.165, 1.54) is 19.6 Å². The molecule has 0 saturated heterocycles. The summed E-state index contributed by atoms with van der Waals surface area (Å²) in [5.41, 5.74) is 0. The predicted molar refractivity (Wildman–Crippen MR) is 74.8 cm³/mol. The lowest BCUT2D eigenvalue weighted by molar-refractivity contribution is 0.321. The Balaban J connectivity index is -0.0000000369. The summed E-state index contributed by atoms with van der Waals surface area (Å²) in [6, 6.07) is 0. The van der Waals surface area contributed by atoms with Gasteiger partial charge in [-0.05, 0) is 26.1 Å². The molecule has 0 unspecified atom stereocenters. The second-order valence-corrected chi connectivity index (χ2v) is 4.83. The van der Waals surface area contributed by atoms with Crippen molar-refractivity contribution in [2.24, 2.45) is 0 Å². The molecular weight excluding hydrogens is 290 g/mol. The third kappa shape index (κ3) is 38.1. The van der Waals surface area contributed by atoms with Crippen LogP contribution in [0.5, 0.6) is 0 Å². The maximum absolute atomic E-state index is 9.95. The van der Waals surface area contributed by atoms with Crippen LogP contribution in [0.25, 0.3) is 0 Å². The molecule has 0 aromatic heterocycles. The van der Waals surface area contributed by atoms with Crippen molar-refractivity contribution in [2.75, 3.05) is 25.4 Å². The SMILES string of the molecule is CCCCS(=O)(=O)O.CCN(CC)CC.F.F.F.F. The van der Waals surface area contributed by atoms with Gasteiger partial charge in [0.05, 0.1) is 5.75 Å². The quantitative estimate of drug-likeness (QED) is 0.604. The summed E-state index contributed by atoms with van der Waals surface area (Å²) in [4.78, 5) is 2.38. The van der Waals surface area contributed by atoms with E-state index in [-0.39, 0.29) is 24.6 Å². The van der Waals surface area contributed by atoms with E-state index in [1.54, 1.807) is 0 Å². The smallest absolute Gasteiger partial charge is 0.264 e. The fraction of sp³-hybridized carbons (Fsp3) is 1.00. The lowest BCUT2D eigenvalue weighted by Crippen LogP contribution is -2.21. The molecule has 0 aromatic rings. The summed E-state index contributed by atoms with van der Waals surface area (Å²) in [5, 5.41) is 0. The molecule has 0 aliphatic heterocycles. The highest BCUT2D eigenvalue weighted by Crippen LogP contribution is 1.90. The zero-order valence-corrected chi connectivity index (χ0v) is 12.8. The highest BCUT2D eigenvalue weighted by Gasteiger charge is 2.00. The molecule has 0 aromatic carbocycles. The van der Waals surface area contributed by atoms with Gasteiger partial charge in [0, 0.05) is 0 Å². The van der Waals surface area contributed by atoms with Crippen molar-refractivity contribution in [3.8, 4) is 0 Å². The zero-order chi connectivity index (χ0) is 12.3. The number of hydrogen-bond acceptors (Lipinski definition) is 3. The Morgan fingerprint density at radius 2 is 1.16 bits per heavy atom. The number of hydrogen-bond donors (Lipinski definition) is 1. The first kappa shape index (κ1) is 36.3. The van der Waals surface area contributed by atoms with Crippen LogP contribution in [0.1, 0.15) is 40.5 Å². The Bertz CT molecular complexity index is 219. The van der Waals surface area contributed by atoms with Crippen LogP contribution < -0.4 is 0 Å². The molecule has 0 bridgehead atoms. The Kier molecular flexibility index (Phi) is 43.4. The van der Waals surface area contributed by atoms with Crippen molar-refractivity contribution >= 4 is 10.1 Å². The molecule has 0 radical (unpaired) electrons. The van der Waals surface area contributed by atoms with Crippen LogP contribution in [0.3, 0.4) is 0 Å². The average Bonchev–Trinajstić information content (AvgIpc) is 2.17. The van der Waals surface area contributed by atoms with Crippen molar-refractivity contribution in [1.82, 2.24) is 4.90 Å². The van der Waals surface area contributed by atoms with Crippen LogP contribution in [0, 0.1) is 0 Å². The Hall–Kier alpha value is -0.410. The summed E-state index contributed by atoms with van der Waals surface area (Å²) in [5.74, 6) is -0.108. The van der Waals surface area contributed by atoms with Crippen molar-refractivity contribution in [1.29, 1.82) is 0 Å². The molecule has 9 heteroatoms. The molecule has 0 aliphatic carbocycles. The molecule has 0 heterocycles. The second-order valence-electron chi connectivity index (χ2n) is 3.26. The van der Waals surface area contributed by atoms with E-state index in [0.29, 0.717) is 6.42 Å². The summed E-state index contributed by atoms with van der Waals surface area (Å²) in [6.45, 7) is 12.0. The summed E-state index contributed by atoms with van der Waals surface area (Å²) < 4.78 is 28.0. The van der Waals surface area contributed by atoms with Gasteiger partial charge < -0.3 is 4.90 Å². The third-order valence-electron chi connectivity index (χ3n) is 2.10. The van der Waals surface area contributed by atoms with Crippen LogP contribution in [0.2, 0.25) is 0 Å². The maximum atomic E-state index is 9.95. The summed E-state index contributed by atoms with van der Waals surface area (Å²) in [7, 11) is -3.69. The number of unbranched alkanes of at least 4 members (excludes halogenated alkanes) is 1. The molecule has 126 valence electrons. The Labute approximate surface area is 113 Å². The van der Waals surface area contributed by atoms with E-state index >= 15 is 0 Å². The molecule has 19 heavy (non-hydrogen) atoms. The van der Waals surface area contributed by atoms with Gasteiger partial charge in [0.25, 0.3) is 10.1 Å². The summed E-state index contributed by atoms with van der Waals surface area (Å²) >= 11 is 0. The normalized spacial score (nSPS) is 8.74. The van der Waals surface area contributed by atoms with Gasteiger partial charge in [0.15, 0.2) is 0 Å².